The summed E-state index contributed by atoms with van der Waals surface area (Å²) in [4.78, 5) is 10.1. The number of hydrogen-bond acceptors (Lipinski definition) is 4. The molecule has 1 aromatic carbocycles. The zero-order valence-corrected chi connectivity index (χ0v) is 9.35. The summed E-state index contributed by atoms with van der Waals surface area (Å²) in [6.07, 6.45) is 0. The van der Waals surface area contributed by atoms with E-state index in [1.54, 1.807) is 12.1 Å². The molecule has 0 saturated carbocycles. The van der Waals surface area contributed by atoms with E-state index in [2.05, 4.69) is 0 Å². The van der Waals surface area contributed by atoms with Gasteiger partial charge in [0.1, 0.15) is 18.1 Å². The van der Waals surface area contributed by atoms with E-state index in [1.807, 2.05) is 0 Å². The van der Waals surface area contributed by atoms with Gasteiger partial charge in [0.05, 0.1) is 9.95 Å². The molecule has 2 rings (SSSR count). The van der Waals surface area contributed by atoms with Crippen LogP contribution in [0.3, 0.4) is 0 Å². The predicted octanol–water partition coefficient (Wildman–Crippen LogP) is 3.00. The first-order valence-electron chi connectivity index (χ1n) is 4.75. The van der Waals surface area contributed by atoms with Crippen LogP contribution in [0.1, 0.15) is 5.76 Å². The number of aliphatic hydroxyl groups excluding tert-OH is 1. The molecular weight excluding hydrogens is 246 g/mol. The molecule has 0 bridgehead atoms. The molecule has 1 aromatic heterocycles. The van der Waals surface area contributed by atoms with Crippen LogP contribution in [-0.2, 0) is 6.61 Å². The summed E-state index contributed by atoms with van der Waals surface area (Å²) in [5.41, 5.74) is 0.368. The van der Waals surface area contributed by atoms with Gasteiger partial charge in [-0.25, -0.2) is 0 Å². The highest BCUT2D eigenvalue weighted by Crippen LogP contribution is 2.32. The molecule has 0 atom stereocenters. The van der Waals surface area contributed by atoms with Crippen LogP contribution in [-0.4, -0.2) is 10.0 Å². The first-order chi connectivity index (χ1) is 8.11. The van der Waals surface area contributed by atoms with Gasteiger partial charge in [0.2, 0.25) is 0 Å². The van der Waals surface area contributed by atoms with Gasteiger partial charge in [0.15, 0.2) is 0 Å². The number of benzene rings is 1. The molecule has 0 aliphatic carbocycles. The molecule has 5 nitrogen and oxygen atoms in total. The molecule has 6 heteroatoms. The summed E-state index contributed by atoms with van der Waals surface area (Å²) in [6, 6.07) is 7.29. The van der Waals surface area contributed by atoms with Crippen molar-refractivity contribution in [1.29, 1.82) is 0 Å². The lowest BCUT2D eigenvalue weighted by molar-refractivity contribution is -0.384. The number of furan rings is 1. The van der Waals surface area contributed by atoms with Crippen LogP contribution in [0.2, 0.25) is 5.02 Å². The Balaban J connectivity index is 2.49. The molecule has 0 radical (unpaired) electrons. The van der Waals surface area contributed by atoms with E-state index in [1.165, 1.54) is 18.2 Å². The third-order valence-corrected chi connectivity index (χ3v) is 2.57. The summed E-state index contributed by atoms with van der Waals surface area (Å²) in [5, 5.41) is 19.9. The quantitative estimate of drug-likeness (QED) is 0.674. The van der Waals surface area contributed by atoms with E-state index in [0.29, 0.717) is 22.1 Å². The smallest absolute Gasteiger partial charge is 0.270 e. The van der Waals surface area contributed by atoms with Crippen molar-refractivity contribution in [3.63, 3.8) is 0 Å². The molecule has 0 aliphatic heterocycles. The number of halogens is 1. The Bertz CT molecular complexity index is 564. The van der Waals surface area contributed by atoms with Crippen LogP contribution >= 0.6 is 11.6 Å². The molecule has 0 saturated heterocycles. The van der Waals surface area contributed by atoms with Crippen LogP contribution in [0.4, 0.5) is 5.69 Å². The van der Waals surface area contributed by atoms with E-state index in [0.717, 1.165) is 0 Å². The lowest BCUT2D eigenvalue weighted by Gasteiger charge is -2.00. The minimum atomic E-state index is -0.504. The Kier molecular flexibility index (Phi) is 3.12. The van der Waals surface area contributed by atoms with Gasteiger partial charge >= 0.3 is 0 Å². The lowest BCUT2D eigenvalue weighted by Crippen LogP contribution is -1.88. The van der Waals surface area contributed by atoms with Gasteiger partial charge in [-0.05, 0) is 18.2 Å². The van der Waals surface area contributed by atoms with Gasteiger partial charge in [-0.2, -0.15) is 0 Å². The Hall–Kier alpha value is -1.85. The number of nitro groups is 1. The molecular formula is C11H8ClNO4. The number of nitrogens with zero attached hydrogens (tertiary/aromatic N) is 1. The number of hydrogen-bond donors (Lipinski definition) is 1. The molecule has 17 heavy (non-hydrogen) atoms. The largest absolute Gasteiger partial charge is 0.459 e. The summed E-state index contributed by atoms with van der Waals surface area (Å²) >= 11 is 5.94. The van der Waals surface area contributed by atoms with Crippen molar-refractivity contribution < 1.29 is 14.4 Å². The van der Waals surface area contributed by atoms with Gasteiger partial charge in [0, 0.05) is 17.7 Å². The molecule has 0 spiro atoms. The Morgan fingerprint density at radius 2 is 2.12 bits per heavy atom. The van der Waals surface area contributed by atoms with E-state index < -0.39 is 4.92 Å². The van der Waals surface area contributed by atoms with Crippen molar-refractivity contribution >= 4 is 17.3 Å². The highest BCUT2D eigenvalue weighted by Gasteiger charge is 2.13. The van der Waals surface area contributed by atoms with Crippen LogP contribution < -0.4 is 0 Å². The Labute approximate surface area is 101 Å². The van der Waals surface area contributed by atoms with Crippen molar-refractivity contribution in [2.75, 3.05) is 0 Å². The van der Waals surface area contributed by atoms with Gasteiger partial charge in [-0.1, -0.05) is 11.6 Å². The van der Waals surface area contributed by atoms with Crippen LogP contribution in [0.5, 0.6) is 0 Å². The second-order valence-electron chi connectivity index (χ2n) is 3.35. The fourth-order valence-corrected chi connectivity index (χ4v) is 1.63. The molecule has 0 fully saturated rings. The van der Waals surface area contributed by atoms with Gasteiger partial charge in [-0.3, -0.25) is 10.1 Å². The molecule has 88 valence electrons. The average Bonchev–Trinajstić information content (AvgIpc) is 2.77. The molecule has 2 aromatic rings. The second kappa shape index (κ2) is 4.57. The van der Waals surface area contributed by atoms with E-state index in [9.17, 15) is 10.1 Å². The Morgan fingerprint density at radius 1 is 1.35 bits per heavy atom. The maximum Gasteiger partial charge on any atom is 0.270 e. The third-order valence-electron chi connectivity index (χ3n) is 2.24. The molecule has 1 heterocycles. The normalized spacial score (nSPS) is 10.5. The highest BCUT2D eigenvalue weighted by atomic mass is 35.5. The molecule has 0 unspecified atom stereocenters. The molecule has 0 amide bonds. The van der Waals surface area contributed by atoms with E-state index >= 15 is 0 Å². The third kappa shape index (κ3) is 2.30. The van der Waals surface area contributed by atoms with Crippen molar-refractivity contribution in [3.05, 3.63) is 51.2 Å². The van der Waals surface area contributed by atoms with Crippen molar-refractivity contribution in [2.45, 2.75) is 6.61 Å². The lowest BCUT2D eigenvalue weighted by atomic mass is 10.1. The Morgan fingerprint density at radius 3 is 2.71 bits per heavy atom. The van der Waals surface area contributed by atoms with Crippen molar-refractivity contribution in [2.24, 2.45) is 0 Å². The SMILES string of the molecule is O=[N+]([O-])c1ccc(Cl)c(-c2ccc(CO)o2)c1. The summed E-state index contributed by atoms with van der Waals surface area (Å²) in [6.45, 7) is -0.230. The van der Waals surface area contributed by atoms with Gasteiger partial charge in [0.25, 0.3) is 5.69 Å². The van der Waals surface area contributed by atoms with E-state index in [4.69, 9.17) is 21.1 Å². The second-order valence-corrected chi connectivity index (χ2v) is 3.75. The topological polar surface area (TPSA) is 76.5 Å². The number of nitro benzene ring substituents is 1. The minimum Gasteiger partial charge on any atom is -0.459 e. The van der Waals surface area contributed by atoms with Crippen molar-refractivity contribution in [3.8, 4) is 11.3 Å². The summed E-state index contributed by atoms with van der Waals surface area (Å²) < 4.78 is 5.28. The van der Waals surface area contributed by atoms with Gasteiger partial charge in [-0.15, -0.1) is 0 Å². The fraction of sp³-hybridized carbons (Fsp3) is 0.0909. The van der Waals surface area contributed by atoms with E-state index in [-0.39, 0.29) is 12.3 Å². The average molecular weight is 254 g/mol. The number of aliphatic hydroxyl groups is 1. The highest BCUT2D eigenvalue weighted by molar-refractivity contribution is 6.33. The standard InChI is InChI=1S/C11H8ClNO4/c12-10-3-1-7(13(15)16)5-9(10)11-4-2-8(6-14)17-11/h1-5,14H,6H2. The number of non-ortho nitro benzene ring substituents is 1. The van der Waals surface area contributed by atoms with Gasteiger partial charge < -0.3 is 9.52 Å². The maximum atomic E-state index is 10.6. The van der Waals surface area contributed by atoms with Crippen LogP contribution in [0, 0.1) is 10.1 Å². The fourth-order valence-electron chi connectivity index (χ4n) is 1.42. The molecule has 1 N–H and O–H groups in total. The zero-order chi connectivity index (χ0) is 12.4. The van der Waals surface area contributed by atoms with Crippen LogP contribution in [0.25, 0.3) is 11.3 Å². The zero-order valence-electron chi connectivity index (χ0n) is 8.59. The predicted molar refractivity (Wildman–Crippen MR) is 61.7 cm³/mol. The summed E-state index contributed by atoms with van der Waals surface area (Å²) in [5.74, 6) is 0.769. The van der Waals surface area contributed by atoms with Crippen molar-refractivity contribution in [1.82, 2.24) is 0 Å². The number of rotatable bonds is 3. The van der Waals surface area contributed by atoms with Crippen LogP contribution in [0.15, 0.2) is 34.7 Å². The first kappa shape index (κ1) is 11.6. The summed E-state index contributed by atoms with van der Waals surface area (Å²) in [7, 11) is 0. The maximum absolute atomic E-state index is 10.6. The molecule has 0 aliphatic rings. The minimum absolute atomic E-state index is 0.0636. The monoisotopic (exact) mass is 253 g/mol. The first-order valence-corrected chi connectivity index (χ1v) is 5.13.